The lowest BCUT2D eigenvalue weighted by Crippen LogP contribution is -2.02. The number of nitrogens with zero attached hydrogens (tertiary/aromatic N) is 4. The van der Waals surface area contributed by atoms with Crippen LogP contribution >= 0.6 is 23.4 Å². The molecule has 30 heavy (non-hydrogen) atoms. The normalized spacial score (nSPS) is 11.4. The summed E-state index contributed by atoms with van der Waals surface area (Å²) in [4.78, 5) is 0. The first-order valence-corrected chi connectivity index (χ1v) is 10.1. The Morgan fingerprint density at radius 3 is 2.70 bits per heavy atom. The summed E-state index contributed by atoms with van der Waals surface area (Å²) >= 11 is 6.92. The second-order valence-corrected chi connectivity index (χ2v) is 7.02. The number of alkyl halides is 2. The molecule has 1 aromatic heterocycles. The van der Waals surface area contributed by atoms with Gasteiger partial charge in [0.25, 0.3) is 6.43 Å². The van der Waals surface area contributed by atoms with Gasteiger partial charge in [0.15, 0.2) is 0 Å². The molecular formula is C19H16ClF3N4O2S. The van der Waals surface area contributed by atoms with Crippen molar-refractivity contribution in [2.75, 3.05) is 13.4 Å². The number of thioether (sulfide) groups is 1. The SMILES string of the molecule is COc1ccc(/C=N/n2c(SC)nnc2C(F)F)cc1COc1ccc(F)c(Cl)c1. The number of ether oxygens (including phenoxy) is 2. The Morgan fingerprint density at radius 1 is 1.23 bits per heavy atom. The number of hydrogen-bond acceptors (Lipinski definition) is 6. The van der Waals surface area contributed by atoms with Crippen molar-refractivity contribution in [1.82, 2.24) is 14.9 Å². The molecule has 0 saturated heterocycles. The molecule has 11 heteroatoms. The van der Waals surface area contributed by atoms with Gasteiger partial charge in [-0.05, 0) is 42.2 Å². The van der Waals surface area contributed by atoms with E-state index < -0.39 is 18.1 Å². The molecule has 0 amide bonds. The molecule has 0 radical (unpaired) electrons. The van der Waals surface area contributed by atoms with Crippen molar-refractivity contribution in [2.45, 2.75) is 18.2 Å². The van der Waals surface area contributed by atoms with Crippen LogP contribution in [0, 0.1) is 5.82 Å². The van der Waals surface area contributed by atoms with E-state index in [-0.39, 0.29) is 16.8 Å². The van der Waals surface area contributed by atoms with Gasteiger partial charge in [-0.3, -0.25) is 0 Å². The molecule has 0 aliphatic heterocycles. The average molecular weight is 457 g/mol. The summed E-state index contributed by atoms with van der Waals surface area (Å²) in [5.41, 5.74) is 1.29. The van der Waals surface area contributed by atoms with Gasteiger partial charge < -0.3 is 9.47 Å². The Balaban J connectivity index is 1.83. The molecule has 0 N–H and O–H groups in total. The Kier molecular flexibility index (Phi) is 7.22. The molecule has 1 heterocycles. The van der Waals surface area contributed by atoms with E-state index in [1.807, 2.05) is 0 Å². The van der Waals surface area contributed by atoms with Gasteiger partial charge in [-0.1, -0.05) is 23.4 Å². The Labute approximate surface area is 179 Å². The number of rotatable bonds is 8. The van der Waals surface area contributed by atoms with Gasteiger partial charge in [0.2, 0.25) is 11.0 Å². The van der Waals surface area contributed by atoms with Gasteiger partial charge in [0, 0.05) is 11.6 Å². The van der Waals surface area contributed by atoms with Crippen molar-refractivity contribution in [2.24, 2.45) is 5.10 Å². The molecular weight excluding hydrogens is 441 g/mol. The largest absolute Gasteiger partial charge is 0.496 e. The summed E-state index contributed by atoms with van der Waals surface area (Å²) in [5.74, 6) is -0.136. The topological polar surface area (TPSA) is 61.5 Å². The summed E-state index contributed by atoms with van der Waals surface area (Å²) in [6.07, 6.45) is 0.292. The third kappa shape index (κ3) is 5.06. The molecule has 0 spiro atoms. The van der Waals surface area contributed by atoms with Crippen LogP contribution < -0.4 is 9.47 Å². The number of methoxy groups -OCH3 is 1. The standard InChI is InChI=1S/C19H16ClF3N4O2S/c1-28-16-6-3-11(9-24-27-18(17(22)23)25-26-19(27)30-2)7-12(16)10-29-13-4-5-15(21)14(20)8-13/h3-9,17H,10H2,1-2H3/b24-9+. The zero-order valence-electron chi connectivity index (χ0n) is 15.9. The monoisotopic (exact) mass is 456 g/mol. The zero-order valence-corrected chi connectivity index (χ0v) is 17.4. The lowest BCUT2D eigenvalue weighted by Gasteiger charge is -2.11. The second kappa shape index (κ2) is 9.86. The van der Waals surface area contributed by atoms with Crippen molar-refractivity contribution in [1.29, 1.82) is 0 Å². The highest BCUT2D eigenvalue weighted by Crippen LogP contribution is 2.25. The highest BCUT2D eigenvalue weighted by Gasteiger charge is 2.19. The summed E-state index contributed by atoms with van der Waals surface area (Å²) < 4.78 is 51.5. The van der Waals surface area contributed by atoms with Crippen LogP contribution in [0.25, 0.3) is 0 Å². The molecule has 6 nitrogen and oxygen atoms in total. The third-order valence-corrected chi connectivity index (χ3v) is 4.84. The first kappa shape index (κ1) is 22.0. The van der Waals surface area contributed by atoms with E-state index in [9.17, 15) is 13.2 Å². The fourth-order valence-electron chi connectivity index (χ4n) is 2.49. The maximum Gasteiger partial charge on any atom is 0.299 e. The maximum absolute atomic E-state index is 13.3. The summed E-state index contributed by atoms with van der Waals surface area (Å²) in [7, 11) is 1.51. The maximum atomic E-state index is 13.3. The van der Waals surface area contributed by atoms with Crippen LogP contribution in [0.5, 0.6) is 11.5 Å². The van der Waals surface area contributed by atoms with Crippen LogP contribution in [0.3, 0.4) is 0 Å². The predicted molar refractivity (Wildman–Crippen MR) is 108 cm³/mol. The first-order valence-electron chi connectivity index (χ1n) is 8.49. The van der Waals surface area contributed by atoms with Gasteiger partial charge in [-0.15, -0.1) is 10.2 Å². The minimum absolute atomic E-state index is 0.0475. The van der Waals surface area contributed by atoms with Crippen molar-refractivity contribution in [3.05, 3.63) is 64.2 Å². The van der Waals surface area contributed by atoms with Gasteiger partial charge in [0.05, 0.1) is 18.3 Å². The van der Waals surface area contributed by atoms with E-state index in [1.54, 1.807) is 24.5 Å². The number of hydrogen-bond donors (Lipinski definition) is 0. The predicted octanol–water partition coefficient (Wildman–Crippen LogP) is 5.20. The summed E-state index contributed by atoms with van der Waals surface area (Å²) in [6.45, 7) is 0.109. The lowest BCUT2D eigenvalue weighted by atomic mass is 10.1. The van der Waals surface area contributed by atoms with Gasteiger partial charge in [0.1, 0.15) is 23.9 Å². The quantitative estimate of drug-likeness (QED) is 0.344. The van der Waals surface area contributed by atoms with Gasteiger partial charge in [-0.2, -0.15) is 9.78 Å². The number of halogens is 4. The van der Waals surface area contributed by atoms with E-state index in [0.29, 0.717) is 22.6 Å². The van der Waals surface area contributed by atoms with Crippen LogP contribution in [0.2, 0.25) is 5.02 Å². The van der Waals surface area contributed by atoms with E-state index in [2.05, 4.69) is 15.3 Å². The van der Waals surface area contributed by atoms with Crippen molar-refractivity contribution >= 4 is 29.6 Å². The molecule has 0 aliphatic carbocycles. The lowest BCUT2D eigenvalue weighted by molar-refractivity contribution is 0.135. The van der Waals surface area contributed by atoms with Crippen molar-refractivity contribution in [3.8, 4) is 11.5 Å². The van der Waals surface area contributed by atoms with Crippen LogP contribution in [0.1, 0.15) is 23.4 Å². The fourth-order valence-corrected chi connectivity index (χ4v) is 3.10. The molecule has 2 aromatic carbocycles. The fraction of sp³-hybridized carbons (Fsp3) is 0.211. The highest BCUT2D eigenvalue weighted by molar-refractivity contribution is 7.98. The number of benzene rings is 2. The van der Waals surface area contributed by atoms with Crippen LogP contribution in [-0.2, 0) is 6.61 Å². The first-order chi connectivity index (χ1) is 14.4. The molecule has 0 unspecified atom stereocenters. The third-order valence-electron chi connectivity index (χ3n) is 3.93. The van der Waals surface area contributed by atoms with Crippen LogP contribution in [0.15, 0.2) is 46.7 Å². The minimum Gasteiger partial charge on any atom is -0.496 e. The van der Waals surface area contributed by atoms with Gasteiger partial charge >= 0.3 is 0 Å². The summed E-state index contributed by atoms with van der Waals surface area (Å²) in [6, 6.07) is 9.19. The smallest absolute Gasteiger partial charge is 0.299 e. The van der Waals surface area contributed by atoms with Crippen LogP contribution in [0.4, 0.5) is 13.2 Å². The molecule has 0 aliphatic rings. The summed E-state index contributed by atoms with van der Waals surface area (Å²) in [5, 5.41) is 11.4. The second-order valence-electron chi connectivity index (χ2n) is 5.84. The van der Waals surface area contributed by atoms with E-state index in [0.717, 1.165) is 16.4 Å². The molecule has 3 rings (SSSR count). The van der Waals surface area contributed by atoms with Crippen molar-refractivity contribution in [3.63, 3.8) is 0 Å². The Bertz CT molecular complexity index is 1060. The molecule has 158 valence electrons. The molecule has 0 fully saturated rings. The molecule has 0 saturated carbocycles. The van der Waals surface area contributed by atoms with Gasteiger partial charge in [-0.25, -0.2) is 13.2 Å². The van der Waals surface area contributed by atoms with Crippen molar-refractivity contribution < 1.29 is 22.6 Å². The Hall–Kier alpha value is -2.72. The molecule has 3 aromatic rings. The van der Waals surface area contributed by atoms with E-state index in [4.69, 9.17) is 21.1 Å². The average Bonchev–Trinajstić information content (AvgIpc) is 3.16. The highest BCUT2D eigenvalue weighted by atomic mass is 35.5. The van der Waals surface area contributed by atoms with Crippen LogP contribution in [-0.4, -0.2) is 34.5 Å². The minimum atomic E-state index is -2.81. The molecule has 0 bridgehead atoms. The Morgan fingerprint density at radius 2 is 2.03 bits per heavy atom. The van der Waals surface area contributed by atoms with E-state index >= 15 is 0 Å². The molecule has 0 atom stereocenters. The number of aromatic nitrogens is 3. The zero-order chi connectivity index (χ0) is 21.7. The van der Waals surface area contributed by atoms with E-state index in [1.165, 1.54) is 31.5 Å².